The van der Waals surface area contributed by atoms with E-state index in [4.69, 9.17) is 5.73 Å². The first-order valence-electron chi connectivity index (χ1n) is 5.76. The molecule has 2 heteroatoms. The molecule has 2 unspecified atom stereocenters. The van der Waals surface area contributed by atoms with Gasteiger partial charge in [0.1, 0.15) is 0 Å². The zero-order valence-electron chi connectivity index (χ0n) is 8.34. The van der Waals surface area contributed by atoms with Gasteiger partial charge in [0.25, 0.3) is 0 Å². The number of hydrogen-bond donors (Lipinski definition) is 1. The highest BCUT2D eigenvalue weighted by molar-refractivity contribution is 5.03. The highest BCUT2D eigenvalue weighted by Gasteiger charge is 2.43. The number of nitrogens with zero attached hydrogens (tertiary/aromatic N) is 1. The Bertz CT molecular complexity index is 198. The van der Waals surface area contributed by atoms with Gasteiger partial charge in [0.15, 0.2) is 0 Å². The van der Waals surface area contributed by atoms with Crippen LogP contribution in [-0.4, -0.2) is 30.1 Å². The lowest BCUT2D eigenvalue weighted by molar-refractivity contribution is 0.283. The molecule has 1 heterocycles. The Labute approximate surface area is 80.5 Å². The Kier molecular flexibility index (Phi) is 1.72. The van der Waals surface area contributed by atoms with Gasteiger partial charge in [-0.2, -0.15) is 0 Å². The summed E-state index contributed by atoms with van der Waals surface area (Å²) in [5.41, 5.74) is 6.37. The summed E-state index contributed by atoms with van der Waals surface area (Å²) in [7, 11) is 0. The molecule has 3 fully saturated rings. The van der Waals surface area contributed by atoms with Gasteiger partial charge in [0.05, 0.1) is 0 Å². The van der Waals surface area contributed by atoms with Crippen molar-refractivity contribution in [1.29, 1.82) is 0 Å². The van der Waals surface area contributed by atoms with E-state index >= 15 is 0 Å². The van der Waals surface area contributed by atoms with Crippen molar-refractivity contribution >= 4 is 0 Å². The third-order valence-corrected chi connectivity index (χ3v) is 4.23. The predicted molar refractivity (Wildman–Crippen MR) is 53.4 cm³/mol. The molecular weight excluding hydrogens is 160 g/mol. The number of nitrogens with two attached hydrogens (primary N) is 1. The van der Waals surface area contributed by atoms with Crippen LogP contribution in [0.25, 0.3) is 0 Å². The van der Waals surface area contributed by atoms with Crippen molar-refractivity contribution < 1.29 is 0 Å². The van der Waals surface area contributed by atoms with Crippen LogP contribution in [0.3, 0.4) is 0 Å². The molecule has 1 aliphatic heterocycles. The second-order valence-corrected chi connectivity index (χ2v) is 5.51. The molecule has 0 aromatic heterocycles. The molecule has 13 heavy (non-hydrogen) atoms. The van der Waals surface area contributed by atoms with Gasteiger partial charge in [-0.1, -0.05) is 6.42 Å². The number of fused-ring (bicyclic) bond motifs is 1. The smallest absolute Gasteiger partial charge is 0.0284 e. The van der Waals surface area contributed by atoms with Crippen molar-refractivity contribution in [3.8, 4) is 0 Å². The van der Waals surface area contributed by atoms with Gasteiger partial charge in [0.2, 0.25) is 0 Å². The van der Waals surface area contributed by atoms with Crippen LogP contribution in [0.2, 0.25) is 0 Å². The summed E-state index contributed by atoms with van der Waals surface area (Å²) >= 11 is 0. The molecule has 74 valence electrons. The predicted octanol–water partition coefficient (Wildman–Crippen LogP) is 1.21. The highest BCUT2D eigenvalue weighted by Crippen LogP contribution is 2.40. The molecule has 2 atom stereocenters. The van der Waals surface area contributed by atoms with Crippen molar-refractivity contribution in [2.24, 2.45) is 17.6 Å². The van der Waals surface area contributed by atoms with E-state index < -0.39 is 0 Å². The van der Waals surface area contributed by atoms with Gasteiger partial charge < -0.3 is 10.6 Å². The number of hydrogen-bond acceptors (Lipinski definition) is 2. The van der Waals surface area contributed by atoms with E-state index in [9.17, 15) is 0 Å². The standard InChI is InChI=1S/C11H20N2/c12-11(4-5-11)8-13-6-9-2-1-3-10(9)7-13/h9-10H,1-8,12H2. The van der Waals surface area contributed by atoms with Crippen LogP contribution in [0.15, 0.2) is 0 Å². The Morgan fingerprint density at radius 2 is 1.77 bits per heavy atom. The van der Waals surface area contributed by atoms with Gasteiger partial charge in [-0.25, -0.2) is 0 Å². The molecule has 0 aromatic rings. The summed E-state index contributed by atoms with van der Waals surface area (Å²) in [5.74, 6) is 2.06. The van der Waals surface area contributed by atoms with E-state index in [0.717, 1.165) is 11.8 Å². The van der Waals surface area contributed by atoms with Crippen molar-refractivity contribution in [3.63, 3.8) is 0 Å². The summed E-state index contributed by atoms with van der Waals surface area (Å²) < 4.78 is 0. The molecule has 1 saturated heterocycles. The maximum Gasteiger partial charge on any atom is 0.0284 e. The minimum Gasteiger partial charge on any atom is -0.324 e. The van der Waals surface area contributed by atoms with E-state index in [1.807, 2.05) is 0 Å². The molecule has 0 aromatic carbocycles. The largest absolute Gasteiger partial charge is 0.324 e. The van der Waals surface area contributed by atoms with Gasteiger partial charge in [-0.3, -0.25) is 0 Å². The van der Waals surface area contributed by atoms with Gasteiger partial charge in [-0.15, -0.1) is 0 Å². The zero-order chi connectivity index (χ0) is 8.89. The molecule has 0 bridgehead atoms. The average Bonchev–Trinajstić information content (AvgIpc) is 2.51. The van der Waals surface area contributed by atoms with Crippen LogP contribution in [0, 0.1) is 11.8 Å². The fraction of sp³-hybridized carbons (Fsp3) is 1.00. The molecule has 0 spiro atoms. The zero-order valence-corrected chi connectivity index (χ0v) is 8.34. The molecule has 2 saturated carbocycles. The number of likely N-dealkylation sites (tertiary alicyclic amines) is 1. The van der Waals surface area contributed by atoms with Gasteiger partial charge >= 0.3 is 0 Å². The van der Waals surface area contributed by atoms with Crippen LogP contribution < -0.4 is 5.73 Å². The summed E-state index contributed by atoms with van der Waals surface area (Å²) in [6.45, 7) is 3.88. The second kappa shape index (κ2) is 2.71. The van der Waals surface area contributed by atoms with Crippen molar-refractivity contribution in [2.45, 2.75) is 37.6 Å². The first-order chi connectivity index (χ1) is 6.25. The van der Waals surface area contributed by atoms with Crippen LogP contribution in [-0.2, 0) is 0 Å². The van der Waals surface area contributed by atoms with E-state index in [1.54, 1.807) is 0 Å². The Balaban J connectivity index is 1.57. The van der Waals surface area contributed by atoms with E-state index in [-0.39, 0.29) is 5.54 Å². The van der Waals surface area contributed by atoms with E-state index in [2.05, 4.69) is 4.90 Å². The lowest BCUT2D eigenvalue weighted by atomic mass is 10.0. The van der Waals surface area contributed by atoms with Crippen LogP contribution in [0.5, 0.6) is 0 Å². The van der Waals surface area contributed by atoms with Gasteiger partial charge in [0, 0.05) is 25.2 Å². The minimum absolute atomic E-state index is 0.235. The molecular formula is C11H20N2. The molecule has 3 aliphatic rings. The maximum atomic E-state index is 6.14. The van der Waals surface area contributed by atoms with Crippen molar-refractivity contribution in [2.75, 3.05) is 19.6 Å². The van der Waals surface area contributed by atoms with Crippen molar-refractivity contribution in [3.05, 3.63) is 0 Å². The van der Waals surface area contributed by atoms with E-state index in [0.29, 0.717) is 0 Å². The highest BCUT2D eigenvalue weighted by atomic mass is 15.2. The summed E-state index contributed by atoms with van der Waals surface area (Å²) in [6, 6.07) is 0. The molecule has 2 N–H and O–H groups in total. The van der Waals surface area contributed by atoms with Crippen molar-refractivity contribution in [1.82, 2.24) is 4.90 Å². The lowest BCUT2D eigenvalue weighted by Gasteiger charge is -2.20. The second-order valence-electron chi connectivity index (χ2n) is 5.51. The van der Waals surface area contributed by atoms with Crippen LogP contribution in [0.1, 0.15) is 32.1 Å². The minimum atomic E-state index is 0.235. The van der Waals surface area contributed by atoms with Crippen LogP contribution >= 0.6 is 0 Å². The molecule has 3 rings (SSSR count). The summed E-state index contributed by atoms with van der Waals surface area (Å²) in [4.78, 5) is 2.63. The fourth-order valence-electron chi connectivity index (χ4n) is 3.23. The first kappa shape index (κ1) is 8.25. The molecule has 0 radical (unpaired) electrons. The SMILES string of the molecule is NC1(CN2CC3CCCC3C2)CC1. The normalized spacial score (nSPS) is 42.2. The first-order valence-corrected chi connectivity index (χ1v) is 5.76. The summed E-state index contributed by atoms with van der Waals surface area (Å²) in [5, 5.41) is 0. The lowest BCUT2D eigenvalue weighted by Crippen LogP contribution is -2.38. The topological polar surface area (TPSA) is 29.3 Å². The van der Waals surface area contributed by atoms with Gasteiger partial charge in [-0.05, 0) is 37.5 Å². The van der Waals surface area contributed by atoms with E-state index in [1.165, 1.54) is 51.7 Å². The monoisotopic (exact) mass is 180 g/mol. The Morgan fingerprint density at radius 1 is 1.15 bits per heavy atom. The Hall–Kier alpha value is -0.0800. The molecule has 2 nitrogen and oxygen atoms in total. The number of rotatable bonds is 2. The third-order valence-electron chi connectivity index (χ3n) is 4.23. The Morgan fingerprint density at radius 3 is 2.31 bits per heavy atom. The quantitative estimate of drug-likeness (QED) is 0.692. The third kappa shape index (κ3) is 1.50. The summed E-state index contributed by atoms with van der Waals surface area (Å²) in [6.07, 6.45) is 6.98. The average molecular weight is 180 g/mol. The fourth-order valence-corrected chi connectivity index (χ4v) is 3.23. The maximum absolute atomic E-state index is 6.14. The van der Waals surface area contributed by atoms with Crippen LogP contribution in [0.4, 0.5) is 0 Å². The molecule has 2 aliphatic carbocycles. The molecule has 0 amide bonds.